The van der Waals surface area contributed by atoms with Gasteiger partial charge in [-0.1, -0.05) is 29.8 Å². The first-order valence-electron chi connectivity index (χ1n) is 13.2. The molecule has 2 aliphatic rings. The predicted molar refractivity (Wildman–Crippen MR) is 152 cm³/mol. The Labute approximate surface area is 231 Å². The number of aromatic nitrogens is 2. The van der Waals surface area contributed by atoms with E-state index >= 15 is 4.39 Å². The Morgan fingerprint density at radius 2 is 1.72 bits per heavy atom. The lowest BCUT2D eigenvalue weighted by atomic mass is 10.0. The van der Waals surface area contributed by atoms with E-state index in [1.54, 1.807) is 6.07 Å². The van der Waals surface area contributed by atoms with Crippen LogP contribution >= 0.6 is 11.6 Å². The molecule has 2 saturated heterocycles. The van der Waals surface area contributed by atoms with Crippen molar-refractivity contribution in [1.29, 1.82) is 0 Å². The maximum atomic E-state index is 16.3. The van der Waals surface area contributed by atoms with Gasteiger partial charge >= 0.3 is 0 Å². The Morgan fingerprint density at radius 1 is 1.00 bits per heavy atom. The van der Waals surface area contributed by atoms with Crippen LogP contribution in [0.25, 0.3) is 22.0 Å². The fourth-order valence-corrected chi connectivity index (χ4v) is 6.04. The van der Waals surface area contributed by atoms with Gasteiger partial charge in [0, 0.05) is 62.3 Å². The van der Waals surface area contributed by atoms with Gasteiger partial charge in [-0.15, -0.1) is 0 Å². The van der Waals surface area contributed by atoms with Crippen molar-refractivity contribution >= 4 is 34.0 Å². The Kier molecular flexibility index (Phi) is 6.77. The average molecular weight is 550 g/mol. The smallest absolute Gasteiger partial charge is 0.159 e. The molecular formula is C30H30ClF2N5O. The fourth-order valence-electron chi connectivity index (χ4n) is 5.75. The van der Waals surface area contributed by atoms with Crippen molar-refractivity contribution < 1.29 is 13.9 Å². The van der Waals surface area contributed by atoms with Crippen LogP contribution in [0.1, 0.15) is 24.2 Å². The number of hydrogen-bond donors (Lipinski definition) is 2. The van der Waals surface area contributed by atoms with Gasteiger partial charge in [-0.05, 0) is 55.2 Å². The highest BCUT2D eigenvalue weighted by Gasteiger charge is 2.34. The molecule has 39 heavy (non-hydrogen) atoms. The number of rotatable bonds is 6. The van der Waals surface area contributed by atoms with Crippen LogP contribution in [0.4, 0.5) is 20.3 Å². The summed E-state index contributed by atoms with van der Waals surface area (Å²) in [5.74, 6) is -0.767. The van der Waals surface area contributed by atoms with Crippen molar-refractivity contribution in [2.24, 2.45) is 0 Å². The minimum Gasteiger partial charge on any atom is -0.507 e. The molecule has 6 nitrogen and oxygen atoms in total. The number of anilines is 2. The van der Waals surface area contributed by atoms with Gasteiger partial charge in [0.1, 0.15) is 28.7 Å². The molecule has 2 fully saturated rings. The summed E-state index contributed by atoms with van der Waals surface area (Å²) in [4.78, 5) is 13.8. The number of phenols is 1. The van der Waals surface area contributed by atoms with Crippen LogP contribution in [-0.2, 0) is 12.8 Å². The van der Waals surface area contributed by atoms with Gasteiger partial charge in [0.05, 0.1) is 10.6 Å². The molecule has 2 N–H and O–H groups in total. The first-order chi connectivity index (χ1) is 18.8. The zero-order chi connectivity index (χ0) is 27.3. The van der Waals surface area contributed by atoms with Crippen LogP contribution in [0.15, 0.2) is 48.5 Å². The monoisotopic (exact) mass is 549 g/mol. The second kappa shape index (κ2) is 10.2. The van der Waals surface area contributed by atoms with E-state index in [1.807, 2.05) is 19.0 Å². The van der Waals surface area contributed by atoms with Crippen molar-refractivity contribution in [2.75, 3.05) is 37.0 Å². The van der Waals surface area contributed by atoms with E-state index < -0.39 is 11.6 Å². The summed E-state index contributed by atoms with van der Waals surface area (Å²) >= 11 is 6.58. The maximum absolute atomic E-state index is 16.3. The molecule has 4 aromatic rings. The molecule has 1 aromatic heterocycles. The topological polar surface area (TPSA) is 64.5 Å². The number of aromatic hydroxyl groups is 1. The van der Waals surface area contributed by atoms with Gasteiger partial charge in [-0.25, -0.2) is 18.7 Å². The summed E-state index contributed by atoms with van der Waals surface area (Å²) in [5.41, 5.74) is 1.84. The third kappa shape index (κ3) is 4.87. The first-order valence-corrected chi connectivity index (χ1v) is 13.6. The van der Waals surface area contributed by atoms with Gasteiger partial charge in [0.25, 0.3) is 0 Å². The molecule has 202 valence electrons. The Morgan fingerprint density at radius 3 is 2.38 bits per heavy atom. The normalized spacial score (nSPS) is 18.6. The van der Waals surface area contributed by atoms with Crippen LogP contribution < -0.4 is 15.1 Å². The number of nitrogens with zero attached hydrogens (tertiary/aromatic N) is 4. The minimum atomic E-state index is -0.767. The molecule has 3 aromatic carbocycles. The molecular weight excluding hydrogens is 520 g/mol. The zero-order valence-corrected chi connectivity index (χ0v) is 22.6. The Hall–Kier alpha value is -3.49. The summed E-state index contributed by atoms with van der Waals surface area (Å²) in [6.45, 7) is 1.51. The third-order valence-corrected chi connectivity index (χ3v) is 8.05. The van der Waals surface area contributed by atoms with E-state index in [1.165, 1.54) is 18.2 Å². The van der Waals surface area contributed by atoms with E-state index in [0.717, 1.165) is 37.2 Å². The number of aryl methyl sites for hydroxylation is 2. The highest BCUT2D eigenvalue weighted by Crippen LogP contribution is 2.42. The van der Waals surface area contributed by atoms with E-state index in [-0.39, 0.29) is 27.4 Å². The van der Waals surface area contributed by atoms with Gasteiger partial charge in [0.15, 0.2) is 5.82 Å². The molecule has 2 atom stereocenters. The highest BCUT2D eigenvalue weighted by molar-refractivity contribution is 6.34. The lowest BCUT2D eigenvalue weighted by Crippen LogP contribution is -2.51. The van der Waals surface area contributed by atoms with Crippen LogP contribution in [0.2, 0.25) is 5.02 Å². The Bertz CT molecular complexity index is 1510. The number of benzene rings is 3. The van der Waals surface area contributed by atoms with Crippen LogP contribution in [0.5, 0.6) is 5.75 Å². The van der Waals surface area contributed by atoms with Crippen LogP contribution in [0.3, 0.4) is 0 Å². The number of piperazine rings is 1. The summed E-state index contributed by atoms with van der Waals surface area (Å²) in [5, 5.41) is 14.5. The van der Waals surface area contributed by atoms with E-state index in [2.05, 4.69) is 39.5 Å². The quantitative estimate of drug-likeness (QED) is 0.320. The third-order valence-electron chi connectivity index (χ3n) is 7.76. The second-order valence-corrected chi connectivity index (χ2v) is 11.1. The predicted octanol–water partition coefficient (Wildman–Crippen LogP) is 5.73. The molecule has 2 aliphatic heterocycles. The molecule has 0 amide bonds. The number of hydrogen-bond acceptors (Lipinski definition) is 6. The number of phenolic OH excluding ortho intramolecular Hbond substituents is 1. The summed E-state index contributed by atoms with van der Waals surface area (Å²) < 4.78 is 31.1. The minimum absolute atomic E-state index is 0.00270. The summed E-state index contributed by atoms with van der Waals surface area (Å²) in [6.07, 6.45) is 3.37. The molecule has 2 unspecified atom stereocenters. The SMILES string of the molecule is CN(C)c1ccc(CCc2nc(N3CC4CCC(C3)N4)c3cc(Cl)c(-c4c(O)cccc4F)c(F)c3n2)cc1. The van der Waals surface area contributed by atoms with Crippen molar-refractivity contribution in [3.63, 3.8) is 0 Å². The van der Waals surface area contributed by atoms with Crippen molar-refractivity contribution in [3.05, 3.63) is 76.6 Å². The lowest BCUT2D eigenvalue weighted by molar-refractivity contribution is 0.463. The Balaban J connectivity index is 1.45. The fraction of sp³-hybridized carbons (Fsp3) is 0.333. The molecule has 0 radical (unpaired) electrons. The molecule has 3 heterocycles. The first kappa shape index (κ1) is 25.8. The van der Waals surface area contributed by atoms with Gasteiger partial charge in [-0.3, -0.25) is 0 Å². The number of fused-ring (bicyclic) bond motifs is 3. The van der Waals surface area contributed by atoms with Gasteiger partial charge < -0.3 is 20.2 Å². The van der Waals surface area contributed by atoms with Crippen LogP contribution in [0, 0.1) is 11.6 Å². The molecule has 0 saturated carbocycles. The molecule has 2 bridgehead atoms. The number of nitrogens with one attached hydrogen (secondary N) is 1. The van der Waals surface area contributed by atoms with Gasteiger partial charge in [0.2, 0.25) is 0 Å². The standard InChI is InChI=1S/C30H30ClF2N5O/c1-37(2)20-11-6-17(7-12-20)8-13-25-35-29-21(30(36-25)38-15-18-9-10-19(16-38)34-18)14-22(31)26(28(29)33)27-23(32)4-3-5-24(27)39/h3-7,11-12,14,18-19,34,39H,8-10,13,15-16H2,1-2H3. The average Bonchev–Trinajstić information content (AvgIpc) is 3.26. The van der Waals surface area contributed by atoms with Crippen molar-refractivity contribution in [1.82, 2.24) is 15.3 Å². The zero-order valence-electron chi connectivity index (χ0n) is 21.9. The maximum Gasteiger partial charge on any atom is 0.159 e. The lowest BCUT2D eigenvalue weighted by Gasteiger charge is -2.34. The van der Waals surface area contributed by atoms with E-state index in [0.29, 0.717) is 42.0 Å². The largest absolute Gasteiger partial charge is 0.507 e. The summed E-state index contributed by atoms with van der Waals surface area (Å²) in [7, 11) is 4.00. The number of halogens is 3. The second-order valence-electron chi connectivity index (χ2n) is 10.6. The molecule has 0 spiro atoms. The molecule has 9 heteroatoms. The van der Waals surface area contributed by atoms with Crippen LogP contribution in [-0.4, -0.2) is 54.3 Å². The summed E-state index contributed by atoms with van der Waals surface area (Å²) in [6, 6.07) is 14.4. The molecule has 0 aliphatic carbocycles. The van der Waals surface area contributed by atoms with E-state index in [4.69, 9.17) is 16.6 Å². The highest BCUT2D eigenvalue weighted by atomic mass is 35.5. The van der Waals surface area contributed by atoms with E-state index in [9.17, 15) is 9.50 Å². The van der Waals surface area contributed by atoms with Crippen molar-refractivity contribution in [3.8, 4) is 16.9 Å². The van der Waals surface area contributed by atoms with Crippen molar-refractivity contribution in [2.45, 2.75) is 37.8 Å². The molecule has 6 rings (SSSR count). The van der Waals surface area contributed by atoms with Gasteiger partial charge in [-0.2, -0.15) is 0 Å².